The summed E-state index contributed by atoms with van der Waals surface area (Å²) in [5.74, 6) is -0.0414. The average molecular weight is 370 g/mol. The number of nitrogens with zero attached hydrogens (tertiary/aromatic N) is 3. The third-order valence-corrected chi connectivity index (χ3v) is 6.26. The first-order valence-corrected chi connectivity index (χ1v) is 9.81. The summed E-state index contributed by atoms with van der Waals surface area (Å²) in [5, 5.41) is 3.08. The van der Waals surface area contributed by atoms with E-state index in [1.54, 1.807) is 17.5 Å². The normalized spacial score (nSPS) is 24.5. The summed E-state index contributed by atoms with van der Waals surface area (Å²) in [6.45, 7) is 3.86. The molecular formula is C19H22N4O2S. The number of thiophene rings is 1. The molecule has 0 spiro atoms. The Balaban J connectivity index is 1.42. The van der Waals surface area contributed by atoms with Gasteiger partial charge in [0.15, 0.2) is 0 Å². The monoisotopic (exact) mass is 370 g/mol. The van der Waals surface area contributed by atoms with E-state index >= 15 is 0 Å². The molecule has 7 heteroatoms. The van der Waals surface area contributed by atoms with Gasteiger partial charge in [-0.15, -0.1) is 11.3 Å². The minimum atomic E-state index is -0.185. The van der Waals surface area contributed by atoms with Crippen molar-refractivity contribution in [2.45, 2.75) is 57.7 Å². The first-order chi connectivity index (χ1) is 12.5. The summed E-state index contributed by atoms with van der Waals surface area (Å²) in [7, 11) is 0. The molecule has 2 atom stereocenters. The van der Waals surface area contributed by atoms with E-state index in [1.807, 2.05) is 26.0 Å². The van der Waals surface area contributed by atoms with Gasteiger partial charge >= 0.3 is 0 Å². The van der Waals surface area contributed by atoms with Crippen molar-refractivity contribution in [3.8, 4) is 0 Å². The van der Waals surface area contributed by atoms with E-state index in [1.165, 1.54) is 6.20 Å². The molecule has 2 saturated heterocycles. The average Bonchev–Trinajstić information content (AvgIpc) is 3.16. The van der Waals surface area contributed by atoms with Gasteiger partial charge < -0.3 is 10.2 Å². The highest BCUT2D eigenvalue weighted by molar-refractivity contribution is 7.13. The highest BCUT2D eigenvalue weighted by Gasteiger charge is 2.44. The number of hydrogen-bond donors (Lipinski definition) is 1. The van der Waals surface area contributed by atoms with Crippen LogP contribution in [-0.4, -0.2) is 44.8 Å². The lowest BCUT2D eigenvalue weighted by atomic mass is 9.97. The largest absolute Gasteiger partial charge is 0.348 e. The number of aryl methyl sites for hydroxylation is 2. The molecule has 2 amide bonds. The number of aromatic nitrogens is 2. The Hall–Kier alpha value is -2.28. The maximum absolute atomic E-state index is 12.9. The van der Waals surface area contributed by atoms with E-state index in [2.05, 4.69) is 20.2 Å². The molecule has 26 heavy (non-hydrogen) atoms. The molecule has 1 N–H and O–H groups in total. The first-order valence-electron chi connectivity index (χ1n) is 9.00. The predicted octanol–water partition coefficient (Wildman–Crippen LogP) is 2.72. The molecule has 2 aromatic heterocycles. The van der Waals surface area contributed by atoms with E-state index in [9.17, 15) is 9.59 Å². The zero-order chi connectivity index (χ0) is 18.3. The Morgan fingerprint density at radius 3 is 2.42 bits per heavy atom. The molecule has 2 bridgehead atoms. The smallest absolute Gasteiger partial charge is 0.271 e. The van der Waals surface area contributed by atoms with Crippen LogP contribution in [-0.2, 0) is 0 Å². The van der Waals surface area contributed by atoms with Crippen LogP contribution in [0.1, 0.15) is 56.4 Å². The number of amides is 2. The molecule has 0 aromatic carbocycles. The Labute approximate surface area is 156 Å². The van der Waals surface area contributed by atoms with E-state index in [0.717, 1.165) is 41.1 Å². The number of hydrogen-bond acceptors (Lipinski definition) is 5. The molecule has 0 radical (unpaired) electrons. The van der Waals surface area contributed by atoms with Crippen LogP contribution in [0, 0.1) is 13.8 Å². The SMILES string of the molecule is Cc1cnc(C(=O)NC2CC3CCC(C2)N3C(=O)c2ccc(C)s2)cn1. The van der Waals surface area contributed by atoms with Gasteiger partial charge in [-0.05, 0) is 51.7 Å². The van der Waals surface area contributed by atoms with Gasteiger partial charge in [-0.1, -0.05) is 0 Å². The number of nitrogens with one attached hydrogen (secondary N) is 1. The van der Waals surface area contributed by atoms with Gasteiger partial charge in [0.2, 0.25) is 0 Å². The Kier molecular flexibility index (Phi) is 4.48. The van der Waals surface area contributed by atoms with E-state index < -0.39 is 0 Å². The standard InChI is InChI=1S/C19H22N4O2S/c1-11-9-21-16(10-20-11)18(24)22-13-7-14-4-5-15(8-13)23(14)19(25)17-6-3-12(2)26-17/h3,6,9-10,13-15H,4-5,7-8H2,1-2H3,(H,22,24). The molecule has 2 aromatic rings. The maximum atomic E-state index is 12.9. The van der Waals surface area contributed by atoms with Gasteiger partial charge in [0.1, 0.15) is 5.69 Å². The van der Waals surface area contributed by atoms with Crippen molar-refractivity contribution in [1.82, 2.24) is 20.2 Å². The number of carbonyl (C=O) groups is 2. The Morgan fingerprint density at radius 2 is 1.85 bits per heavy atom. The molecule has 4 rings (SSSR count). The van der Waals surface area contributed by atoms with Crippen molar-refractivity contribution in [1.29, 1.82) is 0 Å². The van der Waals surface area contributed by atoms with Crippen LogP contribution in [0.4, 0.5) is 0 Å². The molecular weight excluding hydrogens is 348 g/mol. The van der Waals surface area contributed by atoms with Crippen molar-refractivity contribution in [3.63, 3.8) is 0 Å². The number of carbonyl (C=O) groups excluding carboxylic acids is 2. The van der Waals surface area contributed by atoms with Gasteiger partial charge in [-0.25, -0.2) is 4.98 Å². The highest BCUT2D eigenvalue weighted by Crippen LogP contribution is 2.37. The maximum Gasteiger partial charge on any atom is 0.271 e. The van der Waals surface area contributed by atoms with Crippen molar-refractivity contribution in [3.05, 3.63) is 45.7 Å². The molecule has 2 fully saturated rings. The topological polar surface area (TPSA) is 75.2 Å². The number of piperidine rings is 1. The minimum absolute atomic E-state index is 0.0808. The lowest BCUT2D eigenvalue weighted by molar-refractivity contribution is 0.0554. The summed E-state index contributed by atoms with van der Waals surface area (Å²) >= 11 is 1.56. The summed E-state index contributed by atoms with van der Waals surface area (Å²) in [6, 6.07) is 4.41. The number of fused-ring (bicyclic) bond motifs is 2. The predicted molar refractivity (Wildman–Crippen MR) is 99.3 cm³/mol. The highest BCUT2D eigenvalue weighted by atomic mass is 32.1. The summed E-state index contributed by atoms with van der Waals surface area (Å²) < 4.78 is 0. The van der Waals surface area contributed by atoms with Crippen LogP contribution < -0.4 is 5.32 Å². The van der Waals surface area contributed by atoms with Crippen LogP contribution in [0.25, 0.3) is 0 Å². The number of rotatable bonds is 3. The van der Waals surface area contributed by atoms with Crippen LogP contribution in [0.15, 0.2) is 24.5 Å². The molecule has 2 unspecified atom stereocenters. The fourth-order valence-corrected chi connectivity index (χ4v) is 4.88. The third kappa shape index (κ3) is 3.23. The van der Waals surface area contributed by atoms with Crippen molar-refractivity contribution >= 4 is 23.2 Å². The van der Waals surface area contributed by atoms with Crippen molar-refractivity contribution < 1.29 is 9.59 Å². The van der Waals surface area contributed by atoms with E-state index in [4.69, 9.17) is 0 Å². The van der Waals surface area contributed by atoms with Crippen molar-refractivity contribution in [2.75, 3.05) is 0 Å². The second-order valence-electron chi connectivity index (χ2n) is 7.19. The summed E-state index contributed by atoms with van der Waals surface area (Å²) in [5.41, 5.74) is 1.13. The third-order valence-electron chi connectivity index (χ3n) is 5.27. The summed E-state index contributed by atoms with van der Waals surface area (Å²) in [4.78, 5) is 37.6. The molecule has 6 nitrogen and oxygen atoms in total. The molecule has 4 heterocycles. The summed E-state index contributed by atoms with van der Waals surface area (Å²) in [6.07, 6.45) is 6.74. The van der Waals surface area contributed by atoms with Gasteiger partial charge in [0, 0.05) is 29.2 Å². The van der Waals surface area contributed by atoms with E-state index in [-0.39, 0.29) is 29.9 Å². The molecule has 136 valence electrons. The lowest BCUT2D eigenvalue weighted by Gasteiger charge is -2.39. The first kappa shape index (κ1) is 17.1. The van der Waals surface area contributed by atoms with Gasteiger partial charge in [0.25, 0.3) is 11.8 Å². The quantitative estimate of drug-likeness (QED) is 0.901. The van der Waals surface area contributed by atoms with E-state index in [0.29, 0.717) is 5.69 Å². The Morgan fingerprint density at radius 1 is 1.12 bits per heavy atom. The second kappa shape index (κ2) is 6.79. The molecule has 2 aliphatic rings. The fraction of sp³-hybridized carbons (Fsp3) is 0.474. The van der Waals surface area contributed by atoms with Gasteiger partial charge in [0.05, 0.1) is 16.8 Å². The van der Waals surface area contributed by atoms with Crippen LogP contribution in [0.2, 0.25) is 0 Å². The zero-order valence-electron chi connectivity index (χ0n) is 14.9. The zero-order valence-corrected chi connectivity index (χ0v) is 15.8. The van der Waals surface area contributed by atoms with Crippen LogP contribution in [0.5, 0.6) is 0 Å². The fourth-order valence-electron chi connectivity index (χ4n) is 4.07. The van der Waals surface area contributed by atoms with Gasteiger partial charge in [-0.3, -0.25) is 14.6 Å². The van der Waals surface area contributed by atoms with Crippen LogP contribution >= 0.6 is 11.3 Å². The second-order valence-corrected chi connectivity index (χ2v) is 8.48. The Bertz CT molecular complexity index is 818. The van der Waals surface area contributed by atoms with Crippen molar-refractivity contribution in [2.24, 2.45) is 0 Å². The van der Waals surface area contributed by atoms with Gasteiger partial charge in [-0.2, -0.15) is 0 Å². The molecule has 2 aliphatic heterocycles. The molecule has 0 aliphatic carbocycles. The lowest BCUT2D eigenvalue weighted by Crippen LogP contribution is -2.52. The van der Waals surface area contributed by atoms with Crippen LogP contribution in [0.3, 0.4) is 0 Å². The minimum Gasteiger partial charge on any atom is -0.348 e. The molecule has 0 saturated carbocycles.